The molecule has 1 fully saturated rings. The molecular formula is C20H20F2N2O4S. The number of benzene rings is 2. The summed E-state index contributed by atoms with van der Waals surface area (Å²) in [5.74, 6) is -4.63. The number of halogens is 2. The van der Waals surface area contributed by atoms with Crippen LogP contribution in [-0.2, 0) is 25.8 Å². The number of hydrogen-bond acceptors (Lipinski definition) is 4. The highest BCUT2D eigenvalue weighted by Gasteiger charge is 2.35. The summed E-state index contributed by atoms with van der Waals surface area (Å²) in [6.07, 6.45) is 0.940. The highest BCUT2D eigenvalue weighted by molar-refractivity contribution is 7.91. The van der Waals surface area contributed by atoms with Crippen molar-refractivity contribution in [1.82, 2.24) is 0 Å². The molecular weight excluding hydrogens is 402 g/mol. The van der Waals surface area contributed by atoms with Crippen LogP contribution in [0.15, 0.2) is 53.4 Å². The molecule has 1 saturated heterocycles. The normalized spacial score (nSPS) is 17.0. The van der Waals surface area contributed by atoms with E-state index in [1.54, 1.807) is 4.90 Å². The Hall–Kier alpha value is -2.81. The van der Waals surface area contributed by atoms with Gasteiger partial charge in [-0.15, -0.1) is 0 Å². The third-order valence-electron chi connectivity index (χ3n) is 4.84. The summed E-state index contributed by atoms with van der Waals surface area (Å²) >= 11 is 0. The van der Waals surface area contributed by atoms with Crippen molar-refractivity contribution in [3.8, 4) is 0 Å². The van der Waals surface area contributed by atoms with E-state index in [4.69, 9.17) is 0 Å². The van der Waals surface area contributed by atoms with E-state index in [2.05, 4.69) is 5.32 Å². The first kappa shape index (κ1) is 20.9. The number of aryl methyl sites for hydroxylation is 1. The second-order valence-electron chi connectivity index (χ2n) is 6.74. The summed E-state index contributed by atoms with van der Waals surface area (Å²) in [5.41, 5.74) is 2.14. The number of carbonyl (C=O) groups is 2. The van der Waals surface area contributed by atoms with Gasteiger partial charge in [0.25, 0.3) is 0 Å². The lowest BCUT2D eigenvalue weighted by atomic mass is 10.1. The quantitative estimate of drug-likeness (QED) is 0.775. The second-order valence-corrected chi connectivity index (χ2v) is 8.66. The Kier molecular flexibility index (Phi) is 5.97. The number of carbonyl (C=O) groups excluding carboxylic acids is 2. The summed E-state index contributed by atoms with van der Waals surface area (Å²) in [5, 5.41) is 2.60. The third kappa shape index (κ3) is 4.45. The summed E-state index contributed by atoms with van der Waals surface area (Å²) in [7, 11) is -4.69. The molecule has 6 nitrogen and oxygen atoms in total. The Balaban J connectivity index is 1.66. The fourth-order valence-corrected chi connectivity index (χ4v) is 3.84. The van der Waals surface area contributed by atoms with Crippen LogP contribution in [0.1, 0.15) is 18.9 Å². The second kappa shape index (κ2) is 8.28. The highest BCUT2D eigenvalue weighted by Crippen LogP contribution is 2.27. The van der Waals surface area contributed by atoms with Crippen LogP contribution in [0.5, 0.6) is 0 Å². The average molecular weight is 422 g/mol. The van der Waals surface area contributed by atoms with Crippen molar-refractivity contribution in [3.63, 3.8) is 0 Å². The molecule has 154 valence electrons. The minimum Gasteiger partial charge on any atom is -0.326 e. The van der Waals surface area contributed by atoms with Crippen LogP contribution >= 0.6 is 0 Å². The van der Waals surface area contributed by atoms with Gasteiger partial charge < -0.3 is 10.2 Å². The molecule has 9 heteroatoms. The minimum absolute atomic E-state index is 0.0548. The van der Waals surface area contributed by atoms with E-state index in [1.807, 2.05) is 31.2 Å². The zero-order valence-electron chi connectivity index (χ0n) is 15.6. The molecule has 0 radical (unpaired) electrons. The van der Waals surface area contributed by atoms with Gasteiger partial charge >= 0.3 is 5.76 Å². The number of nitrogens with zero attached hydrogens (tertiary/aromatic N) is 1. The van der Waals surface area contributed by atoms with E-state index in [9.17, 15) is 26.8 Å². The van der Waals surface area contributed by atoms with Crippen LogP contribution in [0.3, 0.4) is 0 Å². The maximum Gasteiger partial charge on any atom is 0.341 e. The van der Waals surface area contributed by atoms with Gasteiger partial charge in [-0.25, -0.2) is 8.42 Å². The van der Waals surface area contributed by atoms with Crippen molar-refractivity contribution < 1.29 is 26.8 Å². The summed E-state index contributed by atoms with van der Waals surface area (Å²) < 4.78 is 48.0. The maximum atomic E-state index is 12.6. The molecule has 2 amide bonds. The molecule has 29 heavy (non-hydrogen) atoms. The van der Waals surface area contributed by atoms with E-state index in [0.717, 1.165) is 29.8 Å². The van der Waals surface area contributed by atoms with E-state index < -0.39 is 32.3 Å². The van der Waals surface area contributed by atoms with Crippen molar-refractivity contribution in [2.45, 2.75) is 30.4 Å². The molecule has 0 spiro atoms. The molecule has 0 unspecified atom stereocenters. The number of anilines is 2. The number of hydrogen-bond donors (Lipinski definition) is 1. The Morgan fingerprint density at radius 2 is 1.76 bits per heavy atom. The van der Waals surface area contributed by atoms with Crippen LogP contribution in [0.4, 0.5) is 20.2 Å². The van der Waals surface area contributed by atoms with Crippen molar-refractivity contribution in [3.05, 3.63) is 54.1 Å². The van der Waals surface area contributed by atoms with Crippen LogP contribution in [0.2, 0.25) is 0 Å². The topological polar surface area (TPSA) is 83.6 Å². The van der Waals surface area contributed by atoms with Crippen LogP contribution in [0, 0.1) is 5.92 Å². The first-order valence-corrected chi connectivity index (χ1v) is 10.6. The van der Waals surface area contributed by atoms with Crippen molar-refractivity contribution >= 4 is 33.0 Å². The molecule has 0 aromatic heterocycles. The van der Waals surface area contributed by atoms with Crippen molar-refractivity contribution in [2.75, 3.05) is 16.8 Å². The van der Waals surface area contributed by atoms with Gasteiger partial charge in [-0.2, -0.15) is 8.78 Å². The van der Waals surface area contributed by atoms with Gasteiger partial charge in [0, 0.05) is 24.3 Å². The van der Waals surface area contributed by atoms with Crippen LogP contribution < -0.4 is 10.2 Å². The SMILES string of the molecule is CCc1ccc(N2C[C@@H](C(=O)Nc3ccc(S(=O)(=O)C(F)F)cc3)CC2=O)cc1. The van der Waals surface area contributed by atoms with Gasteiger partial charge in [0.2, 0.25) is 21.7 Å². The van der Waals surface area contributed by atoms with E-state index >= 15 is 0 Å². The van der Waals surface area contributed by atoms with Crippen molar-refractivity contribution in [1.29, 1.82) is 0 Å². The van der Waals surface area contributed by atoms with E-state index in [-0.39, 0.29) is 24.6 Å². The zero-order chi connectivity index (χ0) is 21.2. The van der Waals surface area contributed by atoms with Crippen LogP contribution in [-0.4, -0.2) is 32.5 Å². The van der Waals surface area contributed by atoms with Gasteiger partial charge in [0.15, 0.2) is 0 Å². The van der Waals surface area contributed by atoms with Crippen molar-refractivity contribution in [2.24, 2.45) is 5.92 Å². The first-order valence-electron chi connectivity index (χ1n) is 9.04. The van der Waals surface area contributed by atoms with Crippen LogP contribution in [0.25, 0.3) is 0 Å². The summed E-state index contributed by atoms with van der Waals surface area (Å²) in [6.45, 7) is 2.26. The fourth-order valence-electron chi connectivity index (χ4n) is 3.12. The minimum atomic E-state index is -4.69. The Bertz CT molecular complexity index is 1010. The predicted octanol–water partition coefficient (Wildman–Crippen LogP) is 3.24. The number of nitrogens with one attached hydrogen (secondary N) is 1. The monoisotopic (exact) mass is 422 g/mol. The molecule has 2 aromatic carbocycles. The smallest absolute Gasteiger partial charge is 0.326 e. The molecule has 1 aliphatic rings. The Morgan fingerprint density at radius 3 is 2.31 bits per heavy atom. The molecule has 0 aliphatic carbocycles. The van der Waals surface area contributed by atoms with Gasteiger partial charge in [0.05, 0.1) is 10.8 Å². The summed E-state index contributed by atoms with van der Waals surface area (Å²) in [4.78, 5) is 25.9. The highest BCUT2D eigenvalue weighted by atomic mass is 32.2. The lowest BCUT2D eigenvalue weighted by Crippen LogP contribution is -2.28. The molecule has 1 atom stereocenters. The molecule has 3 rings (SSSR count). The standard InChI is InChI=1S/C20H20F2N2O4S/c1-2-13-3-7-16(8-4-13)24-12-14(11-18(24)25)19(26)23-15-5-9-17(10-6-15)29(27,28)20(21)22/h3-10,14,20H,2,11-12H2,1H3,(H,23,26)/t14-/m0/s1. The zero-order valence-corrected chi connectivity index (χ0v) is 16.5. The molecule has 0 bridgehead atoms. The number of sulfone groups is 1. The third-order valence-corrected chi connectivity index (χ3v) is 6.24. The van der Waals surface area contributed by atoms with E-state index in [0.29, 0.717) is 0 Å². The lowest BCUT2D eigenvalue weighted by Gasteiger charge is -2.17. The van der Waals surface area contributed by atoms with Gasteiger partial charge in [-0.3, -0.25) is 9.59 Å². The predicted molar refractivity (Wildman–Crippen MR) is 105 cm³/mol. The maximum absolute atomic E-state index is 12.6. The Labute approximate surface area is 167 Å². The Morgan fingerprint density at radius 1 is 1.14 bits per heavy atom. The molecule has 2 aromatic rings. The largest absolute Gasteiger partial charge is 0.341 e. The average Bonchev–Trinajstić information content (AvgIpc) is 3.10. The molecule has 1 heterocycles. The molecule has 1 N–H and O–H groups in total. The number of alkyl halides is 2. The first-order chi connectivity index (χ1) is 13.7. The van der Waals surface area contributed by atoms with Gasteiger partial charge in [-0.1, -0.05) is 19.1 Å². The molecule has 1 aliphatic heterocycles. The van der Waals surface area contributed by atoms with E-state index in [1.165, 1.54) is 12.1 Å². The molecule has 0 saturated carbocycles. The fraction of sp³-hybridized carbons (Fsp3) is 0.300. The van der Waals surface area contributed by atoms with Gasteiger partial charge in [0.1, 0.15) is 0 Å². The lowest BCUT2D eigenvalue weighted by molar-refractivity contribution is -0.122. The van der Waals surface area contributed by atoms with Gasteiger partial charge in [-0.05, 0) is 48.4 Å². The number of amides is 2. The number of rotatable bonds is 6. The summed E-state index contributed by atoms with van der Waals surface area (Å²) in [6, 6.07) is 12.1.